The number of primary amides is 1. The molecule has 2 aromatic rings. The highest BCUT2D eigenvalue weighted by Gasteiger charge is 2.40. The zero-order valence-corrected chi connectivity index (χ0v) is 63.5. The largest absolute Gasteiger partial charge is 0.487 e. The summed E-state index contributed by atoms with van der Waals surface area (Å²) in [6.07, 6.45) is -1.39. The number of fused-ring (bicyclic) bond motifs is 2. The van der Waals surface area contributed by atoms with Gasteiger partial charge in [0.25, 0.3) is 20.0 Å². The average molecular weight is 1480 g/mol. The summed E-state index contributed by atoms with van der Waals surface area (Å²) in [6, 6.07) is -12.6. The molecule has 0 saturated heterocycles. The predicted molar refractivity (Wildman–Crippen MR) is 375 cm³/mol. The zero-order chi connectivity index (χ0) is 77.9. The lowest BCUT2D eigenvalue weighted by molar-refractivity contribution is -0.157. The van der Waals surface area contributed by atoms with Gasteiger partial charge < -0.3 is 73.4 Å². The van der Waals surface area contributed by atoms with Crippen molar-refractivity contribution >= 4 is 91.2 Å². The number of guanidine groups is 2. The van der Waals surface area contributed by atoms with Crippen molar-refractivity contribution in [3.8, 4) is 11.5 Å². The van der Waals surface area contributed by atoms with Crippen LogP contribution >= 0.6 is 0 Å². The van der Waals surface area contributed by atoms with Crippen LogP contribution in [0.3, 0.4) is 0 Å². The average Bonchev–Trinajstić information content (AvgIpc) is 1.53. The van der Waals surface area contributed by atoms with Crippen LogP contribution in [-0.2, 0) is 90.3 Å². The number of carbonyl (C=O) groups excluding carboxylic acids is 10. The molecule has 8 atom stereocenters. The lowest BCUT2D eigenvalue weighted by atomic mass is 9.94. The van der Waals surface area contributed by atoms with Crippen LogP contribution in [0.1, 0.15) is 180 Å². The molecule has 33 nitrogen and oxygen atoms in total. The van der Waals surface area contributed by atoms with Gasteiger partial charge in [0.2, 0.25) is 59.2 Å². The summed E-state index contributed by atoms with van der Waals surface area (Å²) in [6.45, 7) is 31.3. The summed E-state index contributed by atoms with van der Waals surface area (Å²) in [5, 5.41) is 16.6. The van der Waals surface area contributed by atoms with E-state index in [1.165, 1.54) is 54.0 Å². The minimum absolute atomic E-state index is 0.0210. The monoisotopic (exact) mass is 1480 g/mol. The molecular weight excluding hydrogens is 1370 g/mol. The van der Waals surface area contributed by atoms with E-state index in [0.717, 1.165) is 11.1 Å². The van der Waals surface area contributed by atoms with E-state index in [0.29, 0.717) is 57.7 Å². The van der Waals surface area contributed by atoms with Gasteiger partial charge >= 0.3 is 11.9 Å². The molecule has 0 fully saturated rings. The van der Waals surface area contributed by atoms with E-state index in [4.69, 9.17) is 36.1 Å². The van der Waals surface area contributed by atoms with Crippen LogP contribution in [0.5, 0.6) is 11.5 Å². The molecule has 2 aliphatic heterocycles. The first-order valence-corrected chi connectivity index (χ1v) is 36.2. The second kappa shape index (κ2) is 34.4. The SMILES string of the molecule is Cc1c(C)c(S(=O)(=O)NC(N)=NCCC[C@H](NF)C(=O)N[C@@H](C)C(=O)N[C@@H](CC(=O)OC(C)(C)C)C(=O)N[C@@H](C)C(=O)N[C@@H](CCCN=C(N)NS(=O)(=O)c2c(C)c(C)c3c(c2C)CC(C)(C)O3)C(=O)N[C@@H](C)C(=O)N[C@@H](CC(=O)OC(C)(C)C)C(=O)N[C@@H](C)C(N)=O)c(C)c2c1OC(C)(C)C2. The maximum atomic E-state index is 14.3. The van der Waals surface area contributed by atoms with E-state index < -0.39 is 175 Å². The smallest absolute Gasteiger partial charge is 0.308 e. The first kappa shape index (κ1) is 85.5. The zero-order valence-electron chi connectivity index (χ0n) is 61.9. The van der Waals surface area contributed by atoms with Crippen LogP contribution in [0.15, 0.2) is 19.8 Å². The number of benzene rings is 2. The van der Waals surface area contributed by atoms with E-state index in [2.05, 4.69) is 56.6 Å². The molecule has 8 amide bonds. The highest BCUT2D eigenvalue weighted by molar-refractivity contribution is 7.90. The van der Waals surface area contributed by atoms with Gasteiger partial charge in [0.05, 0.1) is 22.6 Å². The van der Waals surface area contributed by atoms with Gasteiger partial charge in [0, 0.05) is 37.1 Å². The first-order chi connectivity index (χ1) is 46.7. The Morgan fingerprint density at radius 3 is 1.10 bits per heavy atom. The molecule has 0 aromatic heterocycles. The minimum Gasteiger partial charge on any atom is -0.487 e. The summed E-state index contributed by atoms with van der Waals surface area (Å²) in [4.78, 5) is 143. The van der Waals surface area contributed by atoms with Crippen molar-refractivity contribution in [1.82, 2.24) is 52.2 Å². The maximum Gasteiger partial charge on any atom is 0.308 e. The second-order valence-corrected chi connectivity index (χ2v) is 32.1. The molecule has 2 aromatic carbocycles. The molecule has 4 rings (SSSR count). The fourth-order valence-corrected chi connectivity index (χ4v) is 14.2. The topological polar surface area (TPSA) is 499 Å². The van der Waals surface area contributed by atoms with Crippen LogP contribution in [0.2, 0.25) is 0 Å². The molecule has 0 unspecified atom stereocenters. The number of nitrogens with zero attached hydrogens (tertiary/aromatic N) is 2. The standard InChI is InChI=1S/C66H104FN15O18S2/c1-31-33(3)51(35(5)41-29-65(17,18)99-49(31)41)101(93,94)81-61(69)71-25-21-23-43(57(89)74-39(9)55(87)78-45(27-47(83)97-63(11,12)13)59(91)73-37(7)53(68)85)77-54(86)38(8)76-60(92)46(28-48(84)98-64(14,15)16)79-56(88)40(10)75-58(90)44(80-67)24-22-26-72-62(70)82-102(95,96)52-34(4)32(2)50-42(36(52)6)30-66(19,20)100-50/h37-40,43-46,80H,21-30H2,1-20H3,(H2,68,85)(H,73,91)(H,74,89)(H,75,90)(H,76,92)(H,77,86)(H,78,87)(H,79,88)(H3,69,71,81)(H3,70,72,82)/t37-,38-,39-,40-,43-,44-,45-,46-/m0/s1. The second-order valence-electron chi connectivity index (χ2n) is 28.9. The molecule has 570 valence electrons. The van der Waals surface area contributed by atoms with Gasteiger partial charge in [-0.1, -0.05) is 0 Å². The Hall–Kier alpha value is -8.93. The Balaban J connectivity index is 1.52. The third-order valence-electron chi connectivity index (χ3n) is 16.4. The number of hydrogen-bond donors (Lipinski definition) is 13. The van der Waals surface area contributed by atoms with Gasteiger partial charge in [-0.3, -0.25) is 57.9 Å². The van der Waals surface area contributed by atoms with Crippen molar-refractivity contribution in [3.05, 3.63) is 44.5 Å². The molecule has 36 heteroatoms. The quantitative estimate of drug-likeness (QED) is 0.0157. The molecule has 0 aliphatic carbocycles. The molecule has 0 spiro atoms. The summed E-state index contributed by atoms with van der Waals surface area (Å²) in [7, 11) is -8.61. The summed E-state index contributed by atoms with van der Waals surface area (Å²) in [5.74, 6) is -10.1. The summed E-state index contributed by atoms with van der Waals surface area (Å²) >= 11 is 0. The van der Waals surface area contributed by atoms with Gasteiger partial charge in [0.15, 0.2) is 0 Å². The van der Waals surface area contributed by atoms with Crippen molar-refractivity contribution in [2.24, 2.45) is 27.2 Å². The van der Waals surface area contributed by atoms with E-state index in [-0.39, 0.29) is 48.6 Å². The van der Waals surface area contributed by atoms with E-state index in [1.807, 2.05) is 27.7 Å². The Labute approximate surface area is 595 Å². The number of hydrogen-bond acceptors (Lipinski definition) is 21. The molecule has 16 N–H and O–H groups in total. The lowest BCUT2D eigenvalue weighted by Crippen LogP contribution is -2.59. The molecular formula is C66H104FN15O18S2. The predicted octanol–water partition coefficient (Wildman–Crippen LogP) is 0.676. The number of ether oxygens (including phenoxy) is 4. The number of sulfonamides is 2. The number of halogens is 1. The van der Waals surface area contributed by atoms with Gasteiger partial charge in [-0.25, -0.2) is 26.3 Å². The van der Waals surface area contributed by atoms with Gasteiger partial charge in [-0.15, -0.1) is 10.0 Å². The highest BCUT2D eigenvalue weighted by atomic mass is 32.2. The fourth-order valence-electron chi connectivity index (χ4n) is 11.2. The van der Waals surface area contributed by atoms with Crippen LogP contribution in [0.4, 0.5) is 4.48 Å². The molecule has 2 heterocycles. The maximum absolute atomic E-state index is 14.3. The van der Waals surface area contributed by atoms with Crippen LogP contribution in [0, 0.1) is 41.5 Å². The Morgan fingerprint density at radius 1 is 0.471 bits per heavy atom. The molecule has 0 saturated carbocycles. The Kier molecular flexibility index (Phi) is 28.8. The normalized spacial score (nSPS) is 16.6. The van der Waals surface area contributed by atoms with Gasteiger partial charge in [0.1, 0.15) is 82.2 Å². The van der Waals surface area contributed by atoms with E-state index in [9.17, 15) is 69.3 Å². The summed E-state index contributed by atoms with van der Waals surface area (Å²) < 4.78 is 97.1. The van der Waals surface area contributed by atoms with Crippen molar-refractivity contribution < 1.29 is 88.2 Å². The summed E-state index contributed by atoms with van der Waals surface area (Å²) in [5.41, 5.74) is 20.2. The van der Waals surface area contributed by atoms with Crippen LogP contribution < -0.4 is 78.9 Å². The van der Waals surface area contributed by atoms with Crippen molar-refractivity contribution in [3.63, 3.8) is 0 Å². The molecule has 102 heavy (non-hydrogen) atoms. The number of carbonyl (C=O) groups is 10. The number of aliphatic imine (C=N–C) groups is 2. The third-order valence-corrected chi connectivity index (χ3v) is 19.7. The number of nitrogens with two attached hydrogens (primary N) is 3. The minimum atomic E-state index is -4.36. The molecule has 0 bridgehead atoms. The number of rotatable bonds is 32. The molecule has 0 radical (unpaired) electrons. The van der Waals surface area contributed by atoms with Crippen LogP contribution in [-0.4, -0.2) is 172 Å². The Bertz CT molecular complexity index is 3870. The van der Waals surface area contributed by atoms with Crippen LogP contribution in [0.25, 0.3) is 0 Å². The van der Waals surface area contributed by atoms with E-state index >= 15 is 0 Å². The fraction of sp³-hybridized carbons (Fsp3) is 0.636. The van der Waals surface area contributed by atoms with Crippen molar-refractivity contribution in [1.29, 1.82) is 0 Å². The lowest BCUT2D eigenvalue weighted by Gasteiger charge is -2.26. The Morgan fingerprint density at radius 2 is 0.775 bits per heavy atom. The molecule has 2 aliphatic rings. The first-order valence-electron chi connectivity index (χ1n) is 33.2. The van der Waals surface area contributed by atoms with Gasteiger partial charge in [-0.2, -0.15) is 0 Å². The van der Waals surface area contributed by atoms with Crippen molar-refractivity contribution in [2.45, 2.75) is 270 Å². The number of nitrogens with one attached hydrogen (secondary N) is 10. The van der Waals surface area contributed by atoms with Crippen molar-refractivity contribution in [2.75, 3.05) is 13.1 Å². The van der Waals surface area contributed by atoms with E-state index in [1.54, 1.807) is 62.3 Å². The highest BCUT2D eigenvalue weighted by Crippen LogP contribution is 2.45. The number of amides is 8. The number of esters is 2. The third kappa shape index (κ3) is 24.1. The van der Waals surface area contributed by atoms with Gasteiger partial charge in [-0.05, 0) is 198 Å².